The number of anilines is 1. The van der Waals surface area contributed by atoms with E-state index in [1.165, 1.54) is 0 Å². The van der Waals surface area contributed by atoms with Gasteiger partial charge in [-0.2, -0.15) is 22.0 Å². The predicted octanol–water partition coefficient (Wildman–Crippen LogP) is 4.84. The molecule has 2 saturated heterocycles. The summed E-state index contributed by atoms with van der Waals surface area (Å²) in [6.07, 6.45) is -4.64. The van der Waals surface area contributed by atoms with Gasteiger partial charge in [0.1, 0.15) is 23.5 Å². The highest BCUT2D eigenvalue weighted by Gasteiger charge is 2.56. The molecule has 0 radical (unpaired) electrons. The van der Waals surface area contributed by atoms with Gasteiger partial charge in [0.2, 0.25) is 5.91 Å². The van der Waals surface area contributed by atoms with E-state index in [0.717, 1.165) is 71.2 Å². The Balaban J connectivity index is 1.29. The van der Waals surface area contributed by atoms with Crippen molar-refractivity contribution in [2.75, 3.05) is 51.8 Å². The highest BCUT2D eigenvalue weighted by atomic mass is 19.4. The van der Waals surface area contributed by atoms with E-state index in [1.807, 2.05) is 17.4 Å². The summed E-state index contributed by atoms with van der Waals surface area (Å²) in [6.45, 7) is 1.60. The molecule has 0 saturated carbocycles. The van der Waals surface area contributed by atoms with Gasteiger partial charge in [-0.25, -0.2) is 23.6 Å². The first-order valence-electron chi connectivity index (χ1n) is 19.6. The van der Waals surface area contributed by atoms with E-state index >= 15 is 8.78 Å². The number of methoxy groups -OCH3 is 1. The van der Waals surface area contributed by atoms with Gasteiger partial charge in [0.15, 0.2) is 0 Å². The van der Waals surface area contributed by atoms with Gasteiger partial charge in [-0.3, -0.25) is 4.79 Å². The number of aromatic nitrogens is 1. The minimum Gasteiger partial charge on any atom is -0.453 e. The quantitative estimate of drug-likeness (QED) is 0.0625. The lowest BCUT2D eigenvalue weighted by atomic mass is 9.82. The number of aliphatic hydroxyl groups excluding tert-OH is 1. The van der Waals surface area contributed by atoms with Gasteiger partial charge in [-0.15, -0.1) is 0 Å². The number of alkyl carbamates (subject to hydrolysis) is 1. The molecule has 2 aliphatic rings. The molecular weight excluding hydrogens is 826 g/mol. The Morgan fingerprint density at radius 3 is 2.18 bits per heavy atom. The second-order valence-electron chi connectivity index (χ2n) is 15.9. The molecule has 5 atom stereocenters. The number of carbonyl (C=O) groups excluding carboxylic acids is 2. The topological polar surface area (TPSA) is 157 Å². The van der Waals surface area contributed by atoms with Gasteiger partial charge in [0, 0.05) is 79.6 Å². The molecule has 2 amide bonds. The van der Waals surface area contributed by atoms with Crippen molar-refractivity contribution in [1.29, 1.82) is 0 Å². The highest BCUT2D eigenvalue weighted by Crippen LogP contribution is 2.40. The van der Waals surface area contributed by atoms with Crippen LogP contribution in [0.1, 0.15) is 41.7 Å². The Bertz CT molecular complexity index is 2120. The average molecular weight is 875 g/mol. The van der Waals surface area contributed by atoms with E-state index in [9.17, 15) is 36.6 Å². The Morgan fingerprint density at radius 2 is 1.61 bits per heavy atom. The van der Waals surface area contributed by atoms with Crippen LogP contribution in [0, 0.1) is 40.7 Å². The van der Waals surface area contributed by atoms with Gasteiger partial charge in [0.25, 0.3) is 0 Å². The first-order valence-corrected chi connectivity index (χ1v) is 19.6. The maximum atomic E-state index is 15.0. The Kier molecular flexibility index (Phi) is 15.6. The number of amides is 2. The zero-order valence-electron chi connectivity index (χ0n) is 34.4. The third-order valence-corrected chi connectivity index (χ3v) is 11.0. The lowest BCUT2D eigenvalue weighted by Gasteiger charge is -2.36. The van der Waals surface area contributed by atoms with Crippen LogP contribution in [-0.4, -0.2) is 111 Å². The summed E-state index contributed by atoms with van der Waals surface area (Å²) in [5.74, 6) is 4.90. The number of nitrogens with one attached hydrogen (secondary N) is 3. The SMILES string of the molecule is COC(=O)N[C@H](C(=O)N[C@@H](Cc1ccc(C#Cc2ccc(N3C[C@H]4CN(C)C[C@H]4C3)nc2)cc1)[C@@H](O)CNCc1c(F)cc(C(N)=CC=NC(F)F)cc1F)C(C)(C)C(F)(F)F. The van der Waals surface area contributed by atoms with Gasteiger partial charge >= 0.3 is 18.8 Å². The summed E-state index contributed by atoms with van der Waals surface area (Å²) in [5, 5.41) is 18.4. The fraction of sp³-hybridized carbons (Fsp3) is 0.442. The number of hydrogen-bond acceptors (Lipinski definition) is 10. The zero-order valence-corrected chi connectivity index (χ0v) is 34.4. The lowest BCUT2D eigenvalue weighted by Crippen LogP contribution is -2.62. The predicted molar refractivity (Wildman–Crippen MR) is 219 cm³/mol. The number of aliphatic imine (C=N–C) groups is 1. The largest absolute Gasteiger partial charge is 0.453 e. The van der Waals surface area contributed by atoms with Crippen molar-refractivity contribution >= 4 is 29.7 Å². The number of hydrogen-bond donors (Lipinski definition) is 5. The summed E-state index contributed by atoms with van der Waals surface area (Å²) in [4.78, 5) is 37.8. The van der Waals surface area contributed by atoms with Crippen LogP contribution in [0.2, 0.25) is 0 Å². The minimum atomic E-state index is -4.98. The van der Waals surface area contributed by atoms with Gasteiger partial charge in [0.05, 0.1) is 24.7 Å². The van der Waals surface area contributed by atoms with Crippen molar-refractivity contribution in [3.8, 4) is 11.8 Å². The van der Waals surface area contributed by atoms with Crippen molar-refractivity contribution in [3.63, 3.8) is 0 Å². The number of benzene rings is 2. The Morgan fingerprint density at radius 1 is 1.00 bits per heavy atom. The second kappa shape index (κ2) is 20.4. The van der Waals surface area contributed by atoms with Crippen LogP contribution in [0.3, 0.4) is 0 Å². The third kappa shape index (κ3) is 12.2. The molecule has 2 aromatic carbocycles. The van der Waals surface area contributed by atoms with Crippen molar-refractivity contribution < 1.29 is 50.2 Å². The normalized spacial score (nSPS) is 18.6. The molecule has 0 unspecified atom stereocenters. The van der Waals surface area contributed by atoms with Crippen LogP contribution in [0.15, 0.2) is 65.8 Å². The number of rotatable bonds is 15. The first-order chi connectivity index (χ1) is 29.2. The van der Waals surface area contributed by atoms with E-state index in [0.29, 0.717) is 34.7 Å². The number of carbonyl (C=O) groups is 2. The molecule has 334 valence electrons. The zero-order chi connectivity index (χ0) is 45.4. The Labute approximate surface area is 354 Å². The number of pyridine rings is 1. The van der Waals surface area contributed by atoms with Crippen LogP contribution in [0.4, 0.5) is 41.3 Å². The van der Waals surface area contributed by atoms with E-state index in [1.54, 1.807) is 30.5 Å². The fourth-order valence-corrected chi connectivity index (χ4v) is 7.36. The van der Waals surface area contributed by atoms with Gasteiger partial charge in [-0.1, -0.05) is 24.0 Å². The van der Waals surface area contributed by atoms with Crippen LogP contribution < -0.4 is 26.6 Å². The Hall–Kier alpha value is -5.71. The molecule has 5 rings (SSSR count). The number of likely N-dealkylation sites (tertiary alicyclic amines) is 1. The van der Waals surface area contributed by atoms with Crippen LogP contribution >= 0.6 is 0 Å². The van der Waals surface area contributed by atoms with Gasteiger partial charge < -0.3 is 41.3 Å². The standard InChI is InChI=1S/C43H49F7N8O4/c1-42(2,43(48,49)50)38(56-41(61)62-4)39(60)55-35(36(59)20-52-19-31-32(44)16-28(17-33(31)45)34(51)13-14-53-40(46)47)15-26-8-5-25(6-9-26)7-10-27-11-12-37(54-18-27)58-23-29-21-57(3)22-30(29)24-58/h5-6,8-9,11-14,16-18,29-30,35-36,38,40,52,59H,15,19-24,51H2,1-4H3,(H,55,60)(H,56,61)/t29-,30+,35-,36-,38+/m0/s1. The summed E-state index contributed by atoms with van der Waals surface area (Å²) in [5.41, 5.74) is 3.89. The average Bonchev–Trinajstić information content (AvgIpc) is 3.77. The molecule has 2 aliphatic heterocycles. The van der Waals surface area contributed by atoms with E-state index < -0.39 is 78.6 Å². The number of halogens is 7. The molecule has 3 heterocycles. The number of fused-ring (bicyclic) bond motifs is 1. The fourth-order valence-electron chi connectivity index (χ4n) is 7.36. The second-order valence-corrected chi connectivity index (χ2v) is 15.9. The van der Waals surface area contributed by atoms with E-state index in [-0.39, 0.29) is 17.7 Å². The van der Waals surface area contributed by atoms with Crippen LogP contribution in [-0.2, 0) is 22.5 Å². The number of nitrogens with zero attached hydrogens (tertiary/aromatic N) is 4. The smallest absolute Gasteiger partial charge is 0.407 e. The number of nitrogens with two attached hydrogens (primary N) is 1. The number of aliphatic hydroxyl groups is 1. The van der Waals surface area contributed by atoms with Gasteiger partial charge in [-0.05, 0) is 87.2 Å². The molecule has 62 heavy (non-hydrogen) atoms. The molecule has 6 N–H and O–H groups in total. The molecular formula is C43H49F7N8O4. The number of allylic oxidation sites excluding steroid dienone is 1. The maximum Gasteiger partial charge on any atom is 0.407 e. The van der Waals surface area contributed by atoms with Crippen molar-refractivity contribution in [2.24, 2.45) is 28.0 Å². The third-order valence-electron chi connectivity index (χ3n) is 11.0. The summed E-state index contributed by atoms with van der Waals surface area (Å²) < 4.78 is 102. The number of alkyl halides is 5. The van der Waals surface area contributed by atoms with Crippen molar-refractivity contribution in [2.45, 2.75) is 57.7 Å². The molecule has 3 aromatic rings. The lowest BCUT2D eigenvalue weighted by molar-refractivity contribution is -0.220. The molecule has 1 aromatic heterocycles. The molecule has 0 aliphatic carbocycles. The van der Waals surface area contributed by atoms with Crippen LogP contribution in [0.5, 0.6) is 0 Å². The van der Waals surface area contributed by atoms with E-state index in [2.05, 4.69) is 54.0 Å². The molecule has 12 nitrogen and oxygen atoms in total. The van der Waals surface area contributed by atoms with Crippen molar-refractivity contribution in [1.82, 2.24) is 25.8 Å². The van der Waals surface area contributed by atoms with E-state index in [4.69, 9.17) is 5.73 Å². The van der Waals surface area contributed by atoms with Crippen molar-refractivity contribution in [3.05, 3.63) is 100 Å². The molecule has 19 heteroatoms. The summed E-state index contributed by atoms with van der Waals surface area (Å²) >= 11 is 0. The monoisotopic (exact) mass is 874 g/mol. The molecule has 0 bridgehead atoms. The maximum absolute atomic E-state index is 15.0. The number of ether oxygens (including phenoxy) is 1. The van der Waals surface area contributed by atoms with Crippen LogP contribution in [0.25, 0.3) is 5.70 Å². The summed E-state index contributed by atoms with van der Waals surface area (Å²) in [6, 6.07) is 8.76. The molecule has 2 fully saturated rings. The summed E-state index contributed by atoms with van der Waals surface area (Å²) in [7, 11) is 3.06. The first kappa shape index (κ1) is 47.3. The highest BCUT2D eigenvalue weighted by molar-refractivity contribution is 5.87. The molecule has 0 spiro atoms. The minimum absolute atomic E-state index is 0.141.